The molecule has 0 fully saturated rings. The van der Waals surface area contributed by atoms with Gasteiger partial charge in [0, 0.05) is 0 Å². The first-order valence-corrected chi connectivity index (χ1v) is 3.52. The van der Waals surface area contributed by atoms with Gasteiger partial charge in [0.2, 0.25) is 0 Å². The van der Waals surface area contributed by atoms with Gasteiger partial charge in [-0.25, -0.2) is 0 Å². The molecule has 0 bridgehead atoms. The smallest absolute Gasteiger partial charge is 0.250 e. The van der Waals surface area contributed by atoms with Crippen LogP contribution in [0.3, 0.4) is 0 Å². The molecular weight excluding hydrogens is 152 g/mol. The highest BCUT2D eigenvalue weighted by Gasteiger charge is 2.04. The van der Waals surface area contributed by atoms with E-state index < -0.39 is 5.91 Å². The summed E-state index contributed by atoms with van der Waals surface area (Å²) >= 11 is 0. The molecule has 0 saturated heterocycles. The second kappa shape index (κ2) is 3.57. The molecule has 0 aromatic heterocycles. The Labute approximate surface area is 70.9 Å². The largest absolute Gasteiger partial charge is 0.366 e. The number of hydrogen-bond donors (Lipinski definition) is 2. The number of carbonyl (C=O) groups is 1. The molecule has 1 amide bonds. The lowest BCUT2D eigenvalue weighted by atomic mass is 10.2. The molecule has 1 aromatic carbocycles. The van der Waals surface area contributed by atoms with Crippen LogP contribution >= 0.6 is 0 Å². The lowest BCUT2D eigenvalue weighted by molar-refractivity contribution is 0.100. The fourth-order valence-electron chi connectivity index (χ4n) is 0.934. The highest BCUT2D eigenvalue weighted by Crippen LogP contribution is 2.13. The van der Waals surface area contributed by atoms with E-state index in [1.807, 2.05) is 6.07 Å². The second-order valence-corrected chi connectivity index (χ2v) is 2.26. The monoisotopic (exact) mass is 162 g/mol. The summed E-state index contributed by atoms with van der Waals surface area (Å²) < 4.78 is 0. The van der Waals surface area contributed by atoms with Crippen LogP contribution in [0.1, 0.15) is 10.4 Å². The van der Waals surface area contributed by atoms with Crippen molar-refractivity contribution < 1.29 is 4.79 Å². The molecule has 0 saturated carbocycles. The van der Waals surface area contributed by atoms with Crippen molar-refractivity contribution in [3.05, 3.63) is 42.6 Å². The summed E-state index contributed by atoms with van der Waals surface area (Å²) in [6.07, 6.45) is 1.50. The molecule has 0 radical (unpaired) electrons. The summed E-state index contributed by atoms with van der Waals surface area (Å²) in [4.78, 5) is 10.8. The standard InChI is InChI=1S/C9H10N2O/c1-2-11-8-6-4-3-5-7(8)9(10)12/h2-6,11H,1H2,(H2,10,12). The first-order valence-electron chi connectivity index (χ1n) is 3.52. The fraction of sp³-hybridized carbons (Fsp3) is 0. The average molecular weight is 162 g/mol. The van der Waals surface area contributed by atoms with Gasteiger partial charge in [0.1, 0.15) is 0 Å². The summed E-state index contributed by atoms with van der Waals surface area (Å²) in [5, 5.41) is 2.82. The van der Waals surface area contributed by atoms with E-state index >= 15 is 0 Å². The predicted octanol–water partition coefficient (Wildman–Crippen LogP) is 1.34. The van der Waals surface area contributed by atoms with Gasteiger partial charge in [-0.15, -0.1) is 0 Å². The van der Waals surface area contributed by atoms with Gasteiger partial charge in [0.05, 0.1) is 11.3 Å². The number of hydrogen-bond acceptors (Lipinski definition) is 2. The van der Waals surface area contributed by atoms with E-state index in [0.29, 0.717) is 11.3 Å². The van der Waals surface area contributed by atoms with Gasteiger partial charge < -0.3 is 11.1 Å². The molecule has 0 aliphatic rings. The van der Waals surface area contributed by atoms with Gasteiger partial charge in [0.25, 0.3) is 5.91 Å². The van der Waals surface area contributed by atoms with Gasteiger partial charge >= 0.3 is 0 Å². The van der Waals surface area contributed by atoms with Crippen LogP contribution in [-0.2, 0) is 0 Å². The van der Waals surface area contributed by atoms with Gasteiger partial charge in [-0.2, -0.15) is 0 Å². The second-order valence-electron chi connectivity index (χ2n) is 2.26. The molecule has 1 rings (SSSR count). The molecule has 0 heterocycles. The Morgan fingerprint density at radius 1 is 1.50 bits per heavy atom. The van der Waals surface area contributed by atoms with Crippen LogP contribution in [0.4, 0.5) is 5.69 Å². The first kappa shape index (κ1) is 8.33. The van der Waals surface area contributed by atoms with E-state index in [1.165, 1.54) is 6.20 Å². The van der Waals surface area contributed by atoms with Crippen molar-refractivity contribution in [1.82, 2.24) is 0 Å². The molecule has 3 nitrogen and oxygen atoms in total. The number of anilines is 1. The fourth-order valence-corrected chi connectivity index (χ4v) is 0.934. The number of nitrogens with two attached hydrogens (primary N) is 1. The van der Waals surface area contributed by atoms with Crippen LogP contribution < -0.4 is 11.1 Å². The average Bonchev–Trinajstić information content (AvgIpc) is 2.05. The molecule has 3 heteroatoms. The quantitative estimate of drug-likeness (QED) is 0.704. The van der Waals surface area contributed by atoms with Crippen LogP contribution in [0.25, 0.3) is 0 Å². The highest BCUT2D eigenvalue weighted by molar-refractivity contribution is 5.98. The molecule has 1 aromatic rings. The van der Waals surface area contributed by atoms with Gasteiger partial charge in [0.15, 0.2) is 0 Å². The third kappa shape index (κ3) is 1.63. The van der Waals surface area contributed by atoms with Crippen LogP contribution in [0.2, 0.25) is 0 Å². The van der Waals surface area contributed by atoms with Gasteiger partial charge in [-0.05, 0) is 18.3 Å². The number of para-hydroxylation sites is 1. The minimum Gasteiger partial charge on any atom is -0.366 e. The zero-order valence-corrected chi connectivity index (χ0v) is 6.58. The van der Waals surface area contributed by atoms with Crippen LogP contribution in [0.5, 0.6) is 0 Å². The summed E-state index contributed by atoms with van der Waals surface area (Å²) in [5.74, 6) is -0.444. The van der Waals surface area contributed by atoms with Crippen molar-refractivity contribution in [2.75, 3.05) is 5.32 Å². The Morgan fingerprint density at radius 3 is 2.75 bits per heavy atom. The van der Waals surface area contributed by atoms with Crippen molar-refractivity contribution in [3.63, 3.8) is 0 Å². The third-order valence-electron chi connectivity index (χ3n) is 1.45. The summed E-state index contributed by atoms with van der Waals surface area (Å²) in [6.45, 7) is 3.49. The molecule has 3 N–H and O–H groups in total. The van der Waals surface area contributed by atoms with Gasteiger partial charge in [-0.3, -0.25) is 4.79 Å². The Morgan fingerprint density at radius 2 is 2.17 bits per heavy atom. The maximum absolute atomic E-state index is 10.8. The number of nitrogens with one attached hydrogen (secondary N) is 1. The molecule has 62 valence electrons. The zero-order valence-electron chi connectivity index (χ0n) is 6.58. The highest BCUT2D eigenvalue weighted by atomic mass is 16.1. The maximum atomic E-state index is 10.8. The Bertz CT molecular complexity index is 307. The van der Waals surface area contributed by atoms with Crippen LogP contribution in [-0.4, -0.2) is 5.91 Å². The third-order valence-corrected chi connectivity index (χ3v) is 1.45. The summed E-state index contributed by atoms with van der Waals surface area (Å²) in [5.41, 5.74) is 6.28. The topological polar surface area (TPSA) is 55.1 Å². The number of benzene rings is 1. The van der Waals surface area contributed by atoms with Crippen molar-refractivity contribution in [2.45, 2.75) is 0 Å². The molecule has 0 atom stereocenters. The normalized spacial score (nSPS) is 9.00. The van der Waals surface area contributed by atoms with Crippen molar-refractivity contribution >= 4 is 11.6 Å². The Balaban J connectivity index is 3.07. The first-order chi connectivity index (χ1) is 5.75. The van der Waals surface area contributed by atoms with Gasteiger partial charge in [-0.1, -0.05) is 18.7 Å². The van der Waals surface area contributed by atoms with E-state index in [1.54, 1.807) is 18.2 Å². The van der Waals surface area contributed by atoms with Crippen molar-refractivity contribution in [1.29, 1.82) is 0 Å². The van der Waals surface area contributed by atoms with E-state index in [-0.39, 0.29) is 0 Å². The molecular formula is C9H10N2O. The Kier molecular flexibility index (Phi) is 2.48. The van der Waals surface area contributed by atoms with E-state index in [2.05, 4.69) is 11.9 Å². The van der Waals surface area contributed by atoms with Crippen molar-refractivity contribution in [3.8, 4) is 0 Å². The molecule has 12 heavy (non-hydrogen) atoms. The summed E-state index contributed by atoms with van der Waals surface area (Å²) in [6, 6.07) is 7.00. The van der Waals surface area contributed by atoms with E-state index in [9.17, 15) is 4.79 Å². The molecule has 0 spiro atoms. The molecule has 0 aliphatic carbocycles. The maximum Gasteiger partial charge on any atom is 0.250 e. The van der Waals surface area contributed by atoms with Crippen LogP contribution in [0.15, 0.2) is 37.0 Å². The van der Waals surface area contributed by atoms with Crippen molar-refractivity contribution in [2.24, 2.45) is 5.73 Å². The van der Waals surface area contributed by atoms with E-state index in [4.69, 9.17) is 5.73 Å². The van der Waals surface area contributed by atoms with E-state index in [0.717, 1.165) is 0 Å². The Hall–Kier alpha value is -1.77. The molecule has 0 unspecified atom stereocenters. The van der Waals surface area contributed by atoms with Crippen LogP contribution in [0, 0.1) is 0 Å². The number of primary amides is 1. The SMILES string of the molecule is C=CNc1ccccc1C(N)=O. The number of amides is 1. The minimum absolute atomic E-state index is 0.444. The number of carbonyl (C=O) groups excluding carboxylic acids is 1. The minimum atomic E-state index is -0.444. The lowest BCUT2D eigenvalue weighted by Crippen LogP contribution is -2.12. The summed E-state index contributed by atoms with van der Waals surface area (Å²) in [7, 11) is 0. The molecule has 0 aliphatic heterocycles. The zero-order chi connectivity index (χ0) is 8.97. The predicted molar refractivity (Wildman–Crippen MR) is 48.8 cm³/mol. The lowest BCUT2D eigenvalue weighted by Gasteiger charge is -2.04. The number of rotatable bonds is 3.